The molecule has 0 saturated heterocycles. The lowest BCUT2D eigenvalue weighted by molar-refractivity contribution is -0.140. The molecule has 0 aromatic carbocycles. The van der Waals surface area contributed by atoms with Gasteiger partial charge in [0, 0.05) is 30.9 Å². The second kappa shape index (κ2) is 10.7. The molecule has 1 unspecified atom stereocenters. The maximum atomic E-state index is 12.6. The van der Waals surface area contributed by atoms with Crippen molar-refractivity contribution in [3.8, 4) is 0 Å². The maximum absolute atomic E-state index is 12.6. The molecule has 1 rings (SSSR count). The average molecular weight is 394 g/mol. The molecule has 1 aromatic heterocycles. The topological polar surface area (TPSA) is 52.6 Å². The van der Waals surface area contributed by atoms with Crippen LogP contribution in [0.4, 0.5) is 13.2 Å². The van der Waals surface area contributed by atoms with Crippen LogP contribution in [0.1, 0.15) is 37.9 Å². The smallest absolute Gasteiger partial charge is 0.357 e. The lowest BCUT2D eigenvalue weighted by Gasteiger charge is -2.24. The molecule has 1 heterocycles. The summed E-state index contributed by atoms with van der Waals surface area (Å²) in [5.41, 5.74) is -0.819. The summed E-state index contributed by atoms with van der Waals surface area (Å²) in [6, 6.07) is 0.346. The Hall–Kier alpha value is -1.35. The van der Waals surface area contributed by atoms with Gasteiger partial charge in [0.25, 0.3) is 0 Å². The summed E-state index contributed by atoms with van der Waals surface area (Å²) < 4.78 is 37.7. The van der Waals surface area contributed by atoms with Gasteiger partial charge in [0.05, 0.1) is 11.6 Å². The largest absolute Gasteiger partial charge is 0.434 e. The molecule has 0 aliphatic heterocycles. The van der Waals surface area contributed by atoms with Crippen LogP contribution in [-0.4, -0.2) is 55.6 Å². The van der Waals surface area contributed by atoms with Gasteiger partial charge in [-0.3, -0.25) is 4.99 Å². The molecule has 5 nitrogen and oxygen atoms in total. The molecule has 0 radical (unpaired) electrons. The van der Waals surface area contributed by atoms with Gasteiger partial charge in [-0.2, -0.15) is 13.2 Å². The zero-order valence-electron chi connectivity index (χ0n) is 16.2. The minimum absolute atomic E-state index is 0.346. The third-order valence-electron chi connectivity index (χ3n) is 3.75. The van der Waals surface area contributed by atoms with E-state index in [4.69, 9.17) is 0 Å². The lowest BCUT2D eigenvalue weighted by Crippen LogP contribution is -2.40. The zero-order chi connectivity index (χ0) is 19.7. The Kier molecular flexibility index (Phi) is 9.35. The molecule has 1 atom stereocenters. The van der Waals surface area contributed by atoms with Crippen LogP contribution in [0.15, 0.2) is 10.4 Å². The summed E-state index contributed by atoms with van der Waals surface area (Å²) >= 11 is 1.03. The van der Waals surface area contributed by atoms with Crippen LogP contribution in [0.3, 0.4) is 0 Å². The van der Waals surface area contributed by atoms with Crippen molar-refractivity contribution in [3.05, 3.63) is 16.1 Å². The van der Waals surface area contributed by atoms with Crippen molar-refractivity contribution in [1.82, 2.24) is 20.5 Å². The average Bonchev–Trinajstić information content (AvgIpc) is 2.99. The van der Waals surface area contributed by atoms with Crippen molar-refractivity contribution >= 4 is 17.3 Å². The molecule has 0 bridgehead atoms. The number of aliphatic imine (C=N–C) groups is 1. The van der Waals surface area contributed by atoms with Crippen molar-refractivity contribution in [2.75, 3.05) is 33.7 Å². The number of aromatic nitrogens is 1. The number of likely N-dealkylation sites (N-methyl/N-ethyl adjacent to an activating group) is 1. The fourth-order valence-electron chi connectivity index (χ4n) is 2.37. The minimum Gasteiger partial charge on any atom is -0.357 e. The molecule has 0 amide bonds. The summed E-state index contributed by atoms with van der Waals surface area (Å²) in [5, 5.41) is 7.86. The summed E-state index contributed by atoms with van der Waals surface area (Å²) in [6.45, 7) is 8.21. The summed E-state index contributed by atoms with van der Waals surface area (Å²) in [4.78, 5) is 10.4. The monoisotopic (exact) mass is 393 g/mol. The molecule has 0 aliphatic carbocycles. The van der Waals surface area contributed by atoms with Crippen LogP contribution in [0, 0.1) is 5.92 Å². The Morgan fingerprint density at radius 2 is 2.00 bits per heavy atom. The van der Waals surface area contributed by atoms with Gasteiger partial charge in [0.15, 0.2) is 11.7 Å². The van der Waals surface area contributed by atoms with Crippen LogP contribution in [0.5, 0.6) is 0 Å². The van der Waals surface area contributed by atoms with Crippen molar-refractivity contribution in [2.24, 2.45) is 10.9 Å². The van der Waals surface area contributed by atoms with Gasteiger partial charge < -0.3 is 15.5 Å². The molecule has 150 valence electrons. The second-order valence-electron chi connectivity index (χ2n) is 6.77. The molecular formula is C17H30F3N5S. The van der Waals surface area contributed by atoms with Gasteiger partial charge in [0.2, 0.25) is 0 Å². The molecule has 26 heavy (non-hydrogen) atoms. The fourth-order valence-corrected chi connectivity index (χ4v) is 3.18. The van der Waals surface area contributed by atoms with Crippen molar-refractivity contribution in [2.45, 2.75) is 45.8 Å². The summed E-state index contributed by atoms with van der Waals surface area (Å²) in [6.07, 6.45) is -2.90. The number of thiazole rings is 1. The number of nitrogens with one attached hydrogen (secondary N) is 2. The first-order valence-corrected chi connectivity index (χ1v) is 9.71. The Balaban J connectivity index is 2.57. The summed E-state index contributed by atoms with van der Waals surface area (Å²) in [5.74, 6) is 1.26. The van der Waals surface area contributed by atoms with E-state index in [2.05, 4.69) is 39.4 Å². The molecule has 1 aromatic rings. The van der Waals surface area contributed by atoms with Crippen LogP contribution >= 0.6 is 11.3 Å². The highest BCUT2D eigenvalue weighted by atomic mass is 32.1. The predicted octanol–water partition coefficient (Wildman–Crippen LogP) is 3.24. The van der Waals surface area contributed by atoms with E-state index in [1.54, 1.807) is 0 Å². The maximum Gasteiger partial charge on any atom is 0.434 e. The third-order valence-corrected chi connectivity index (χ3v) is 4.66. The Morgan fingerprint density at radius 3 is 2.50 bits per heavy atom. The van der Waals surface area contributed by atoms with Crippen LogP contribution < -0.4 is 10.6 Å². The Morgan fingerprint density at radius 1 is 1.31 bits per heavy atom. The molecule has 0 saturated carbocycles. The van der Waals surface area contributed by atoms with Gasteiger partial charge in [0.1, 0.15) is 0 Å². The quantitative estimate of drug-likeness (QED) is 0.500. The van der Waals surface area contributed by atoms with Crippen LogP contribution in [-0.2, 0) is 12.6 Å². The molecule has 9 heteroatoms. The number of halogens is 3. The number of nitrogens with zero attached hydrogens (tertiary/aromatic N) is 3. The van der Waals surface area contributed by atoms with E-state index < -0.39 is 11.9 Å². The first-order chi connectivity index (χ1) is 12.1. The third kappa shape index (κ3) is 8.35. The van der Waals surface area contributed by atoms with Gasteiger partial charge in [-0.05, 0) is 33.4 Å². The molecule has 0 spiro atoms. The zero-order valence-corrected chi connectivity index (χ0v) is 17.0. The number of hydrogen-bond acceptors (Lipinski definition) is 4. The first-order valence-electron chi connectivity index (χ1n) is 8.83. The molecule has 0 fully saturated rings. The predicted molar refractivity (Wildman–Crippen MR) is 102 cm³/mol. The highest BCUT2D eigenvalue weighted by Crippen LogP contribution is 2.29. The molecule has 0 aliphatic rings. The van der Waals surface area contributed by atoms with Crippen molar-refractivity contribution in [3.63, 3.8) is 0 Å². The fraction of sp³-hybridized carbons (Fsp3) is 0.765. The van der Waals surface area contributed by atoms with E-state index in [1.807, 2.05) is 21.0 Å². The van der Waals surface area contributed by atoms with E-state index in [1.165, 1.54) is 0 Å². The molecule has 2 N–H and O–H groups in total. The Labute approximate surface area is 158 Å². The molecular weight excluding hydrogens is 363 g/mol. The standard InChI is InChI=1S/C17H30F3N5S/c1-6-21-16(23-10-13(25(4)5)9-12(2)3)22-8-7-15-24-14(11-26-15)17(18,19)20/h11-13H,6-10H2,1-5H3,(H2,21,22,23). The highest BCUT2D eigenvalue weighted by Gasteiger charge is 2.33. The van der Waals surface area contributed by atoms with E-state index in [9.17, 15) is 13.2 Å². The van der Waals surface area contributed by atoms with E-state index in [0.29, 0.717) is 42.4 Å². The first kappa shape index (κ1) is 22.7. The number of hydrogen-bond donors (Lipinski definition) is 2. The second-order valence-corrected chi connectivity index (χ2v) is 7.71. The van der Waals surface area contributed by atoms with E-state index >= 15 is 0 Å². The minimum atomic E-state index is -4.38. The number of guanidine groups is 1. The highest BCUT2D eigenvalue weighted by molar-refractivity contribution is 7.09. The van der Waals surface area contributed by atoms with Gasteiger partial charge in [-0.15, -0.1) is 11.3 Å². The van der Waals surface area contributed by atoms with Crippen LogP contribution in [0.2, 0.25) is 0 Å². The lowest BCUT2D eigenvalue weighted by atomic mass is 10.0. The van der Waals surface area contributed by atoms with Gasteiger partial charge >= 0.3 is 6.18 Å². The number of rotatable bonds is 9. The summed E-state index contributed by atoms with van der Waals surface area (Å²) in [7, 11) is 4.09. The van der Waals surface area contributed by atoms with Crippen molar-refractivity contribution < 1.29 is 13.2 Å². The van der Waals surface area contributed by atoms with E-state index in [-0.39, 0.29) is 0 Å². The van der Waals surface area contributed by atoms with Gasteiger partial charge in [-0.1, -0.05) is 13.8 Å². The Bertz CT molecular complexity index is 555. The normalized spacial score (nSPS) is 14.2. The number of alkyl halides is 3. The van der Waals surface area contributed by atoms with Gasteiger partial charge in [-0.25, -0.2) is 4.98 Å². The van der Waals surface area contributed by atoms with Crippen LogP contribution in [0.25, 0.3) is 0 Å². The SMILES string of the molecule is CCNC(=NCC(CC(C)C)N(C)C)NCCc1nc(C(F)(F)F)cs1. The van der Waals surface area contributed by atoms with Crippen molar-refractivity contribution in [1.29, 1.82) is 0 Å². The van der Waals surface area contributed by atoms with E-state index in [0.717, 1.165) is 29.7 Å².